The van der Waals surface area contributed by atoms with Gasteiger partial charge < -0.3 is 19.5 Å². The van der Waals surface area contributed by atoms with E-state index in [2.05, 4.69) is 31.5 Å². The van der Waals surface area contributed by atoms with Crippen molar-refractivity contribution in [2.45, 2.75) is 0 Å². The predicted molar refractivity (Wildman–Crippen MR) is 123 cm³/mol. The largest absolute Gasteiger partial charge is 0.494 e. The Morgan fingerprint density at radius 3 is 2.57 bits per heavy atom. The fraction of sp³-hybridized carbons (Fsp3) is 0.261. The molecule has 5 rings (SSSR count). The molecule has 0 saturated carbocycles. The quantitative estimate of drug-likeness (QED) is 0.321. The first kappa shape index (κ1) is 22.1. The van der Waals surface area contributed by atoms with Crippen molar-refractivity contribution in [3.63, 3.8) is 0 Å². The van der Waals surface area contributed by atoms with Gasteiger partial charge in [-0.25, -0.2) is 4.98 Å². The summed E-state index contributed by atoms with van der Waals surface area (Å²) in [5.41, 5.74) is 1.54. The molecule has 0 spiro atoms. The Kier molecular flexibility index (Phi) is 5.63. The van der Waals surface area contributed by atoms with Crippen molar-refractivity contribution < 1.29 is 19.1 Å². The van der Waals surface area contributed by atoms with Gasteiger partial charge in [-0.1, -0.05) is 0 Å². The Bertz CT molecular complexity index is 1420. The van der Waals surface area contributed by atoms with Crippen molar-refractivity contribution in [1.29, 1.82) is 0 Å². The summed E-state index contributed by atoms with van der Waals surface area (Å²) in [5.74, 6) is -0.858. The normalized spacial score (nSPS) is 15.2. The fourth-order valence-electron chi connectivity index (χ4n) is 4.08. The number of aryl methyl sites for hydroxylation is 1. The van der Waals surface area contributed by atoms with Crippen molar-refractivity contribution >= 4 is 28.5 Å². The number of H-pyrrole nitrogens is 1. The Morgan fingerprint density at radius 1 is 1.14 bits per heavy atom. The Labute approximate surface area is 199 Å². The number of carbonyl (C=O) groups excluding carboxylic acids is 3. The third kappa shape index (κ3) is 3.96. The SMILES string of the molecule is COc1cnc(-c2nnn(C)n2)c2[nH]cc(C(=O)C(=O)N3CCN(C(=O)C4=CC=C[C+]=C4)CC3)c12. The number of allylic oxidation sites excluding steroid dienone is 4. The third-order valence-electron chi connectivity index (χ3n) is 5.86. The van der Waals surface area contributed by atoms with Crippen molar-refractivity contribution in [3.8, 4) is 17.3 Å². The van der Waals surface area contributed by atoms with Crippen LogP contribution in [0.4, 0.5) is 0 Å². The average Bonchev–Trinajstić information content (AvgIpc) is 3.54. The van der Waals surface area contributed by atoms with Crippen LogP contribution in [0.3, 0.4) is 0 Å². The van der Waals surface area contributed by atoms with Crippen LogP contribution in [0, 0.1) is 6.08 Å². The molecule has 0 atom stereocenters. The summed E-state index contributed by atoms with van der Waals surface area (Å²) in [7, 11) is 3.09. The zero-order chi connectivity index (χ0) is 24.5. The first-order valence-electron chi connectivity index (χ1n) is 10.9. The summed E-state index contributed by atoms with van der Waals surface area (Å²) in [6.07, 6.45) is 12.6. The van der Waals surface area contributed by atoms with Crippen molar-refractivity contribution in [2.24, 2.45) is 7.05 Å². The van der Waals surface area contributed by atoms with Crippen LogP contribution in [-0.4, -0.2) is 90.9 Å². The molecule has 3 aromatic rings. The van der Waals surface area contributed by atoms with Gasteiger partial charge in [0.25, 0.3) is 11.7 Å². The van der Waals surface area contributed by atoms with Crippen LogP contribution in [-0.2, 0) is 16.6 Å². The molecule has 12 nitrogen and oxygen atoms in total. The minimum Gasteiger partial charge on any atom is -0.494 e. The molecule has 12 heteroatoms. The van der Waals surface area contributed by atoms with Crippen LogP contribution in [0.5, 0.6) is 5.75 Å². The number of fused-ring (bicyclic) bond motifs is 1. The predicted octanol–water partition coefficient (Wildman–Crippen LogP) is 0.471. The lowest BCUT2D eigenvalue weighted by atomic mass is 10.1. The highest BCUT2D eigenvalue weighted by Gasteiger charge is 2.32. The highest BCUT2D eigenvalue weighted by Crippen LogP contribution is 2.33. The lowest BCUT2D eigenvalue weighted by molar-refractivity contribution is -0.134. The molecule has 176 valence electrons. The van der Waals surface area contributed by atoms with E-state index in [0.717, 1.165) is 0 Å². The number of hydrogen-bond acceptors (Lipinski definition) is 8. The molecule has 0 unspecified atom stereocenters. The van der Waals surface area contributed by atoms with E-state index >= 15 is 0 Å². The van der Waals surface area contributed by atoms with Gasteiger partial charge in [-0.3, -0.25) is 14.4 Å². The number of aromatic amines is 1. The molecule has 1 saturated heterocycles. The lowest BCUT2D eigenvalue weighted by Gasteiger charge is -2.33. The maximum atomic E-state index is 13.3. The highest BCUT2D eigenvalue weighted by molar-refractivity contribution is 6.45. The number of hydrogen-bond donors (Lipinski definition) is 1. The second-order valence-corrected chi connectivity index (χ2v) is 7.94. The molecule has 2 aliphatic rings. The molecule has 4 heterocycles. The topological polar surface area (TPSA) is 139 Å². The summed E-state index contributed by atoms with van der Waals surface area (Å²) in [4.78, 5) is 50.8. The minimum absolute atomic E-state index is 0.126. The van der Waals surface area contributed by atoms with Crippen molar-refractivity contribution in [1.82, 2.24) is 40.0 Å². The molecule has 3 aromatic heterocycles. The Hall–Kier alpha value is -4.70. The molecule has 1 fully saturated rings. The number of carbonyl (C=O) groups is 3. The number of amides is 2. The number of methoxy groups -OCH3 is 1. The summed E-state index contributed by atoms with van der Waals surface area (Å²) >= 11 is 0. The zero-order valence-corrected chi connectivity index (χ0v) is 19.1. The van der Waals surface area contributed by atoms with E-state index in [-0.39, 0.29) is 30.4 Å². The summed E-state index contributed by atoms with van der Waals surface area (Å²) in [5, 5.41) is 12.4. The number of piperazine rings is 1. The highest BCUT2D eigenvalue weighted by atomic mass is 16.5. The average molecular weight is 473 g/mol. The first-order valence-corrected chi connectivity index (χ1v) is 10.9. The molecule has 1 aliphatic heterocycles. The number of nitrogens with one attached hydrogen (secondary N) is 1. The molecule has 35 heavy (non-hydrogen) atoms. The van der Waals surface area contributed by atoms with Crippen molar-refractivity contribution in [2.75, 3.05) is 33.3 Å². The summed E-state index contributed by atoms with van der Waals surface area (Å²) in [6, 6.07) is 0. The number of ketones is 1. The van der Waals surface area contributed by atoms with E-state index in [1.165, 1.54) is 29.2 Å². The van der Waals surface area contributed by atoms with Gasteiger partial charge in [0.2, 0.25) is 5.82 Å². The van der Waals surface area contributed by atoms with E-state index in [1.54, 1.807) is 36.3 Å². The van der Waals surface area contributed by atoms with E-state index in [0.29, 0.717) is 41.0 Å². The van der Waals surface area contributed by atoms with E-state index < -0.39 is 11.7 Å². The van der Waals surface area contributed by atoms with Crippen LogP contribution < -0.4 is 4.74 Å². The minimum atomic E-state index is -0.684. The maximum absolute atomic E-state index is 13.3. The molecule has 0 bridgehead atoms. The lowest BCUT2D eigenvalue weighted by Crippen LogP contribution is -2.52. The molecule has 1 aliphatic carbocycles. The molecule has 1 N–H and O–H groups in total. The number of ether oxygens (including phenoxy) is 1. The van der Waals surface area contributed by atoms with Crippen LogP contribution in [0.2, 0.25) is 0 Å². The smallest absolute Gasteiger partial charge is 0.311 e. The second kappa shape index (κ2) is 8.92. The van der Waals surface area contributed by atoms with Gasteiger partial charge in [0.15, 0.2) is 5.57 Å². The van der Waals surface area contributed by atoms with Crippen LogP contribution in [0.25, 0.3) is 22.4 Å². The maximum Gasteiger partial charge on any atom is 0.311 e. The number of pyridine rings is 1. The number of Topliss-reactive ketones (excluding diaryl/α,β-unsaturated/α-hetero) is 1. The van der Waals surface area contributed by atoms with Crippen LogP contribution in [0.15, 0.2) is 42.3 Å². The van der Waals surface area contributed by atoms with Gasteiger partial charge in [-0.05, 0) is 5.21 Å². The van der Waals surface area contributed by atoms with Crippen LogP contribution >= 0.6 is 0 Å². The Morgan fingerprint density at radius 2 is 1.91 bits per heavy atom. The van der Waals surface area contributed by atoms with E-state index in [1.807, 2.05) is 0 Å². The first-order chi connectivity index (χ1) is 17.0. The van der Waals surface area contributed by atoms with Crippen molar-refractivity contribution in [3.05, 3.63) is 53.9 Å². The van der Waals surface area contributed by atoms with E-state index in [9.17, 15) is 14.4 Å². The zero-order valence-electron chi connectivity index (χ0n) is 19.1. The number of tetrazole rings is 1. The number of aromatic nitrogens is 6. The van der Waals surface area contributed by atoms with Crippen LogP contribution in [0.1, 0.15) is 10.4 Å². The van der Waals surface area contributed by atoms with Gasteiger partial charge in [-0.2, -0.15) is 4.80 Å². The van der Waals surface area contributed by atoms with Gasteiger partial charge in [0, 0.05) is 44.5 Å². The molecular weight excluding hydrogens is 452 g/mol. The number of nitrogens with zero attached hydrogens (tertiary/aromatic N) is 7. The monoisotopic (exact) mass is 473 g/mol. The number of rotatable bonds is 5. The summed E-state index contributed by atoms with van der Waals surface area (Å²) < 4.78 is 5.41. The molecule has 2 amide bonds. The molecular formula is C23H21N8O4+. The molecule has 0 aromatic carbocycles. The fourth-order valence-corrected chi connectivity index (χ4v) is 4.08. The second-order valence-electron chi connectivity index (χ2n) is 7.94. The van der Waals surface area contributed by atoms with Gasteiger partial charge in [0.1, 0.15) is 23.6 Å². The molecule has 0 radical (unpaired) electrons. The van der Waals surface area contributed by atoms with Gasteiger partial charge in [0.05, 0.1) is 42.9 Å². The van der Waals surface area contributed by atoms with Gasteiger partial charge in [-0.15, -0.1) is 10.2 Å². The summed E-state index contributed by atoms with van der Waals surface area (Å²) in [6.45, 7) is 1.16. The van der Waals surface area contributed by atoms with Gasteiger partial charge >= 0.3 is 5.91 Å². The third-order valence-corrected chi connectivity index (χ3v) is 5.86. The van der Waals surface area contributed by atoms with E-state index in [4.69, 9.17) is 4.74 Å². The standard InChI is InChI=1S/C23H20N8O4/c1-29-27-21(26-28-29)19-18-17(16(35-2)13-25-19)15(12-24-18)20(32)23(34)31-10-8-30(9-11-31)22(33)14-6-4-3-5-7-14/h3-4,6-7,12-13H,8-11H2,1-2H3/p+1. The Balaban J connectivity index is 1.36.